The van der Waals surface area contributed by atoms with Crippen molar-refractivity contribution in [2.45, 2.75) is 38.9 Å². The minimum Gasteiger partial charge on any atom is -0.356 e. The van der Waals surface area contributed by atoms with Gasteiger partial charge in [0.2, 0.25) is 0 Å². The van der Waals surface area contributed by atoms with Gasteiger partial charge in [-0.3, -0.25) is 9.79 Å². The Labute approximate surface area is 169 Å². The lowest BCUT2D eigenvalue weighted by Gasteiger charge is -2.13. The molecule has 1 aromatic carbocycles. The van der Waals surface area contributed by atoms with E-state index in [0.717, 1.165) is 18.4 Å². The van der Waals surface area contributed by atoms with E-state index in [1.54, 1.807) is 24.3 Å². The van der Waals surface area contributed by atoms with Crippen molar-refractivity contribution in [1.29, 1.82) is 0 Å². The van der Waals surface area contributed by atoms with Gasteiger partial charge in [-0.25, -0.2) is 0 Å². The monoisotopic (exact) mass is 486 g/mol. The molecule has 148 valence electrons. The fraction of sp³-hybridized carbons (Fsp3) is 0.529. The van der Waals surface area contributed by atoms with Crippen LogP contribution < -0.4 is 16.0 Å². The van der Waals surface area contributed by atoms with E-state index in [2.05, 4.69) is 27.9 Å². The predicted molar refractivity (Wildman–Crippen MR) is 108 cm³/mol. The summed E-state index contributed by atoms with van der Waals surface area (Å²) in [6.45, 7) is 2.86. The van der Waals surface area contributed by atoms with Crippen LogP contribution >= 0.6 is 24.0 Å². The number of alkyl halides is 3. The maximum absolute atomic E-state index is 12.1. The van der Waals surface area contributed by atoms with E-state index in [-0.39, 0.29) is 36.4 Å². The lowest BCUT2D eigenvalue weighted by Crippen LogP contribution is -2.38. The number of aliphatic imine (C=N–C) groups is 1. The first-order chi connectivity index (χ1) is 11.9. The first-order valence-corrected chi connectivity index (χ1v) is 8.24. The Bertz CT molecular complexity index is 562. The van der Waals surface area contributed by atoms with Crippen molar-refractivity contribution in [3.8, 4) is 0 Å². The third-order valence-corrected chi connectivity index (χ3v) is 3.42. The molecule has 0 heterocycles. The Morgan fingerprint density at radius 2 is 1.73 bits per heavy atom. The third-order valence-electron chi connectivity index (χ3n) is 3.42. The summed E-state index contributed by atoms with van der Waals surface area (Å²) in [7, 11) is 1.49. The van der Waals surface area contributed by atoms with E-state index in [9.17, 15) is 18.0 Å². The fourth-order valence-corrected chi connectivity index (χ4v) is 1.98. The van der Waals surface area contributed by atoms with Crippen molar-refractivity contribution in [3.05, 3.63) is 35.4 Å². The van der Waals surface area contributed by atoms with Gasteiger partial charge in [-0.2, -0.15) is 13.2 Å². The smallest absolute Gasteiger partial charge is 0.356 e. The average molecular weight is 486 g/mol. The third kappa shape index (κ3) is 10.5. The number of hydrogen-bond acceptors (Lipinski definition) is 2. The summed E-state index contributed by atoms with van der Waals surface area (Å²) in [5, 5.41) is 8.38. The van der Waals surface area contributed by atoms with Crippen LogP contribution in [0.15, 0.2) is 29.3 Å². The van der Waals surface area contributed by atoms with Gasteiger partial charge < -0.3 is 16.0 Å². The van der Waals surface area contributed by atoms with Crippen molar-refractivity contribution < 1.29 is 18.0 Å². The second-order valence-corrected chi connectivity index (χ2v) is 5.52. The molecule has 1 rings (SSSR count). The van der Waals surface area contributed by atoms with E-state index in [1.165, 1.54) is 7.05 Å². The number of carbonyl (C=O) groups excluding carboxylic acids is 1. The van der Waals surface area contributed by atoms with Crippen LogP contribution in [-0.2, 0) is 6.54 Å². The molecule has 0 saturated carbocycles. The molecular weight excluding hydrogens is 460 g/mol. The van der Waals surface area contributed by atoms with Crippen LogP contribution in [0.1, 0.15) is 42.1 Å². The highest BCUT2D eigenvalue weighted by molar-refractivity contribution is 14.0. The summed E-state index contributed by atoms with van der Waals surface area (Å²) in [6.07, 6.45) is -3.16. The van der Waals surface area contributed by atoms with Gasteiger partial charge in [-0.15, -0.1) is 24.0 Å². The molecule has 0 aromatic heterocycles. The molecule has 0 atom stereocenters. The summed E-state index contributed by atoms with van der Waals surface area (Å²) in [5.74, 6) is 0.184. The normalized spacial score (nSPS) is 11.5. The Morgan fingerprint density at radius 3 is 2.27 bits per heavy atom. The Morgan fingerprint density at radius 1 is 1.08 bits per heavy atom. The molecule has 0 radical (unpaired) electrons. The fourth-order valence-electron chi connectivity index (χ4n) is 1.98. The first-order valence-electron chi connectivity index (χ1n) is 8.24. The van der Waals surface area contributed by atoms with Crippen LogP contribution in [0, 0.1) is 0 Å². The molecule has 0 fully saturated rings. The van der Waals surface area contributed by atoms with Gasteiger partial charge in [0.25, 0.3) is 5.91 Å². The van der Waals surface area contributed by atoms with Crippen LogP contribution in [0.5, 0.6) is 0 Å². The van der Waals surface area contributed by atoms with Crippen molar-refractivity contribution in [2.75, 3.05) is 20.1 Å². The highest BCUT2D eigenvalue weighted by atomic mass is 127. The van der Waals surface area contributed by atoms with E-state index in [1.807, 2.05) is 0 Å². The summed E-state index contributed by atoms with van der Waals surface area (Å²) in [4.78, 5) is 15.8. The Hall–Kier alpha value is -1.52. The van der Waals surface area contributed by atoms with Gasteiger partial charge in [-0.05, 0) is 24.1 Å². The molecule has 3 N–H and O–H groups in total. The van der Waals surface area contributed by atoms with Crippen LogP contribution in [-0.4, -0.2) is 38.2 Å². The van der Waals surface area contributed by atoms with Crippen molar-refractivity contribution in [1.82, 2.24) is 16.0 Å². The molecule has 1 aromatic rings. The number of benzene rings is 1. The molecule has 26 heavy (non-hydrogen) atoms. The van der Waals surface area contributed by atoms with Crippen molar-refractivity contribution in [2.24, 2.45) is 4.99 Å². The minimum absolute atomic E-state index is 0. The highest BCUT2D eigenvalue weighted by Gasteiger charge is 2.26. The molecule has 0 spiro atoms. The molecule has 0 saturated heterocycles. The zero-order valence-electron chi connectivity index (χ0n) is 14.9. The predicted octanol–water partition coefficient (Wildman–Crippen LogP) is 3.45. The second kappa shape index (κ2) is 12.8. The molecule has 0 aliphatic rings. The summed E-state index contributed by atoms with van der Waals surface area (Å²) >= 11 is 0. The van der Waals surface area contributed by atoms with Gasteiger partial charge >= 0.3 is 6.18 Å². The number of amides is 1. The summed E-state index contributed by atoms with van der Waals surface area (Å²) < 4.78 is 36.4. The van der Waals surface area contributed by atoms with E-state index >= 15 is 0 Å². The first kappa shape index (κ1) is 24.5. The van der Waals surface area contributed by atoms with Gasteiger partial charge in [0.05, 0.1) is 6.42 Å². The Balaban J connectivity index is 0.00000625. The highest BCUT2D eigenvalue weighted by Crippen LogP contribution is 2.18. The maximum Gasteiger partial charge on any atom is 0.390 e. The van der Waals surface area contributed by atoms with Crippen LogP contribution in [0.3, 0.4) is 0 Å². The number of hydrogen-bond donors (Lipinski definition) is 3. The zero-order valence-corrected chi connectivity index (χ0v) is 17.3. The number of carbonyl (C=O) groups is 1. The van der Waals surface area contributed by atoms with Gasteiger partial charge in [-0.1, -0.05) is 25.5 Å². The Kier molecular flexibility index (Phi) is 12.0. The van der Waals surface area contributed by atoms with Crippen LogP contribution in [0.25, 0.3) is 0 Å². The van der Waals surface area contributed by atoms with Gasteiger partial charge in [0, 0.05) is 32.2 Å². The molecular formula is C17H26F3IN4O. The standard InChI is InChI=1S/C17H25F3N4O.HI/c1-3-4-10-22-15(25)14-7-5-13(6-8-14)12-24-16(21-2)23-11-9-17(18,19)20;/h5-8H,3-4,9-12H2,1-2H3,(H,22,25)(H2,21,23,24);1H. The van der Waals surface area contributed by atoms with Crippen molar-refractivity contribution >= 4 is 35.8 Å². The number of guanidine groups is 1. The summed E-state index contributed by atoms with van der Waals surface area (Å²) in [5.41, 5.74) is 1.47. The molecule has 0 aliphatic heterocycles. The average Bonchev–Trinajstić information content (AvgIpc) is 2.57. The van der Waals surface area contributed by atoms with Crippen LogP contribution in [0.4, 0.5) is 13.2 Å². The molecule has 1 amide bonds. The molecule has 0 unspecified atom stereocenters. The van der Waals surface area contributed by atoms with E-state index in [4.69, 9.17) is 0 Å². The number of rotatable bonds is 8. The summed E-state index contributed by atoms with van der Waals surface area (Å²) in [6, 6.07) is 7.03. The quantitative estimate of drug-likeness (QED) is 0.228. The van der Waals surface area contributed by atoms with Crippen LogP contribution in [0.2, 0.25) is 0 Å². The molecule has 0 aliphatic carbocycles. The number of unbranched alkanes of at least 4 members (excludes halogenated alkanes) is 1. The topological polar surface area (TPSA) is 65.5 Å². The lowest BCUT2D eigenvalue weighted by molar-refractivity contribution is -0.132. The SMILES string of the molecule is CCCCNC(=O)c1ccc(CNC(=NC)NCCC(F)(F)F)cc1.I. The van der Waals surface area contributed by atoms with Gasteiger partial charge in [0.1, 0.15) is 0 Å². The molecule has 5 nitrogen and oxygen atoms in total. The largest absolute Gasteiger partial charge is 0.390 e. The maximum atomic E-state index is 12.1. The lowest BCUT2D eigenvalue weighted by atomic mass is 10.1. The second-order valence-electron chi connectivity index (χ2n) is 5.52. The van der Waals surface area contributed by atoms with Crippen molar-refractivity contribution in [3.63, 3.8) is 0 Å². The zero-order chi connectivity index (χ0) is 18.7. The van der Waals surface area contributed by atoms with Gasteiger partial charge in [0.15, 0.2) is 5.96 Å². The van der Waals surface area contributed by atoms with E-state index < -0.39 is 12.6 Å². The number of halogens is 4. The number of nitrogens with zero attached hydrogens (tertiary/aromatic N) is 1. The van der Waals surface area contributed by atoms with E-state index in [0.29, 0.717) is 24.6 Å². The number of nitrogens with one attached hydrogen (secondary N) is 3. The minimum atomic E-state index is -4.20. The molecule has 9 heteroatoms. The molecule has 0 bridgehead atoms.